The van der Waals surface area contributed by atoms with Crippen LogP contribution in [0.4, 0.5) is 11.4 Å². The van der Waals surface area contributed by atoms with E-state index in [4.69, 9.17) is 23.9 Å². The van der Waals surface area contributed by atoms with Gasteiger partial charge in [0.2, 0.25) is 5.91 Å². The van der Waals surface area contributed by atoms with Crippen LogP contribution in [-0.2, 0) is 20.7 Å². The lowest BCUT2D eigenvalue weighted by Crippen LogP contribution is -2.52. The molecule has 0 aromatic heterocycles. The van der Waals surface area contributed by atoms with Crippen LogP contribution >= 0.6 is 0 Å². The summed E-state index contributed by atoms with van der Waals surface area (Å²) in [5.74, 6) is -2.88. The molecule has 0 saturated carbocycles. The van der Waals surface area contributed by atoms with Crippen molar-refractivity contribution in [2.24, 2.45) is 0 Å². The molecule has 2 heterocycles. The van der Waals surface area contributed by atoms with Crippen molar-refractivity contribution in [2.45, 2.75) is 19.4 Å². The van der Waals surface area contributed by atoms with Crippen molar-refractivity contribution in [1.82, 2.24) is 9.80 Å². The molecular weight excluding hydrogens is 516 g/mol. The summed E-state index contributed by atoms with van der Waals surface area (Å²) in [6, 6.07) is 6.62. The summed E-state index contributed by atoms with van der Waals surface area (Å²) >= 11 is 0. The van der Waals surface area contributed by atoms with Crippen molar-refractivity contribution in [3.63, 3.8) is 0 Å². The van der Waals surface area contributed by atoms with Gasteiger partial charge in [-0.15, -0.1) is 0 Å². The molecule has 41 heavy (non-hydrogen) atoms. The van der Waals surface area contributed by atoms with Gasteiger partial charge in [-0.2, -0.15) is 0 Å². The first-order valence-electron chi connectivity index (χ1n) is 19.5. The molecule has 8 heteroatoms. The third-order valence-electron chi connectivity index (χ3n) is 6.55. The fraction of sp³-hybridized carbons (Fsp3) is 0.303. The van der Waals surface area contributed by atoms with Crippen molar-refractivity contribution in [1.29, 1.82) is 0 Å². The number of ether oxygens (including phenoxy) is 1. The van der Waals surface area contributed by atoms with Gasteiger partial charge in [0.25, 0.3) is 5.91 Å². The lowest BCUT2D eigenvalue weighted by molar-refractivity contribution is -0.120. The Hall–Kier alpha value is -4.27. The van der Waals surface area contributed by atoms with E-state index >= 15 is 0 Å². The Bertz CT molecular complexity index is 2070. The summed E-state index contributed by atoms with van der Waals surface area (Å²) in [5.41, 5.74) is 0.242. The normalized spacial score (nSPS) is 29.2. The highest BCUT2D eigenvalue weighted by Crippen LogP contribution is 2.39. The third kappa shape index (κ3) is 6.09. The molecule has 3 aromatic carbocycles. The van der Waals surface area contributed by atoms with Gasteiger partial charge in [0.1, 0.15) is 0 Å². The first kappa shape index (κ1) is 15.7. The number of esters is 1. The first-order chi connectivity index (χ1) is 25.2. The van der Waals surface area contributed by atoms with E-state index in [1.165, 1.54) is 25.3 Å². The van der Waals surface area contributed by atoms with Gasteiger partial charge < -0.3 is 19.9 Å². The number of anilines is 2. The lowest BCUT2D eigenvalue weighted by atomic mass is 9.90. The topological polar surface area (TPSA) is 82.2 Å². The van der Waals surface area contributed by atoms with Gasteiger partial charge in [0.05, 0.1) is 30.3 Å². The van der Waals surface area contributed by atoms with E-state index in [1.54, 1.807) is 30.3 Å². The van der Waals surface area contributed by atoms with Crippen LogP contribution < -0.4 is 10.2 Å². The van der Waals surface area contributed by atoms with E-state index in [1.807, 2.05) is 0 Å². The zero-order valence-electron chi connectivity index (χ0n) is 36.5. The van der Waals surface area contributed by atoms with Crippen LogP contribution in [0.2, 0.25) is 0 Å². The number of piperazine rings is 1. The number of likely N-dealkylation sites (N-methyl/N-ethyl adjacent to an activating group) is 2. The maximum absolute atomic E-state index is 13.9. The van der Waals surface area contributed by atoms with Crippen LogP contribution in [0.25, 0.3) is 11.1 Å². The molecule has 1 unspecified atom stereocenters. The highest BCUT2D eigenvalue weighted by molar-refractivity contribution is 6.37. The molecule has 0 bridgehead atoms. The number of methoxy groups -OCH3 is 1. The molecule has 3 aromatic rings. The lowest BCUT2D eigenvalue weighted by Gasteiger charge is -2.37. The number of carbonyl (C=O) groups excluding carboxylic acids is 3. The van der Waals surface area contributed by atoms with Gasteiger partial charge in [-0.1, -0.05) is 48.5 Å². The summed E-state index contributed by atoms with van der Waals surface area (Å²) < 4.78 is 124. The predicted molar refractivity (Wildman–Crippen MR) is 162 cm³/mol. The molecule has 1 saturated heterocycles. The highest BCUT2D eigenvalue weighted by atomic mass is 16.5. The van der Waals surface area contributed by atoms with Gasteiger partial charge in [-0.25, -0.2) is 4.79 Å². The standard InChI is InChI=1S/C33H36N4O4/c1-22-20-37(17-16-35(22)2)21-30(38)36(3)26-13-10-23(11-14-26)18-28(24-8-6-5-7-9-24)31-27-15-12-25(33(40)41-4)19-29(27)34-32(31)39/h5-15,19,22H,16-18,20-21H2,1-4H3,(H,34,39)/b31-28+/i3D3,10D,11D,13D,14D,16D2,17D2,20D2,22D. The number of allylic oxidation sites excluding steroid dienone is 1. The molecule has 0 radical (unpaired) electrons. The smallest absolute Gasteiger partial charge is 0.337 e. The second kappa shape index (κ2) is 12.1. The fourth-order valence-corrected chi connectivity index (χ4v) is 4.33. The molecule has 1 N–H and O–H groups in total. The average molecular weight is 567 g/mol. The van der Waals surface area contributed by atoms with E-state index in [0.717, 1.165) is 14.0 Å². The molecular formula is C33H36N4O4. The Morgan fingerprint density at radius 2 is 1.90 bits per heavy atom. The fourth-order valence-electron chi connectivity index (χ4n) is 4.33. The van der Waals surface area contributed by atoms with Crippen LogP contribution in [0.5, 0.6) is 0 Å². The summed E-state index contributed by atoms with van der Waals surface area (Å²) in [6.45, 7) is -13.6. The van der Waals surface area contributed by atoms with E-state index < -0.39 is 93.1 Å². The van der Waals surface area contributed by atoms with Gasteiger partial charge >= 0.3 is 5.97 Å². The number of amides is 2. The van der Waals surface area contributed by atoms with Crippen LogP contribution in [0, 0.1) is 0 Å². The Balaban J connectivity index is 1.65. The maximum Gasteiger partial charge on any atom is 0.337 e. The van der Waals surface area contributed by atoms with Gasteiger partial charge in [-0.3, -0.25) is 14.5 Å². The second-order valence-corrected chi connectivity index (χ2v) is 9.22. The number of rotatable bonds is 7. The average Bonchev–Trinajstić information content (AvgIpc) is 3.44. The molecule has 5 rings (SSSR count). The Labute approximate surface area is 260 Å². The van der Waals surface area contributed by atoms with Crippen molar-refractivity contribution >= 4 is 40.3 Å². The highest BCUT2D eigenvalue weighted by Gasteiger charge is 2.29. The van der Waals surface area contributed by atoms with E-state index in [9.17, 15) is 14.4 Å². The number of hydrogen-bond donors (Lipinski definition) is 1. The van der Waals surface area contributed by atoms with Crippen LogP contribution in [0.1, 0.15) is 53.2 Å². The van der Waals surface area contributed by atoms with Gasteiger partial charge in [0, 0.05) is 63.1 Å². The maximum atomic E-state index is 13.9. The second-order valence-electron chi connectivity index (χ2n) is 9.22. The molecule has 0 spiro atoms. The Kier molecular flexibility index (Phi) is 4.61. The Morgan fingerprint density at radius 1 is 1.15 bits per heavy atom. The molecule has 0 aliphatic carbocycles. The van der Waals surface area contributed by atoms with Crippen LogP contribution in [0.15, 0.2) is 72.7 Å². The number of fused-ring (bicyclic) bond motifs is 1. The number of hydrogen-bond acceptors (Lipinski definition) is 6. The van der Waals surface area contributed by atoms with E-state index in [0.29, 0.717) is 16.0 Å². The van der Waals surface area contributed by atoms with Crippen LogP contribution in [-0.4, -0.2) is 80.8 Å². The molecule has 2 aliphatic heterocycles. The molecule has 8 nitrogen and oxygen atoms in total. The molecule has 1 fully saturated rings. The zero-order chi connectivity index (χ0) is 41.4. The zero-order valence-corrected chi connectivity index (χ0v) is 22.5. The van der Waals surface area contributed by atoms with Gasteiger partial charge in [0.15, 0.2) is 0 Å². The summed E-state index contributed by atoms with van der Waals surface area (Å²) in [6.07, 6.45) is -0.415. The van der Waals surface area contributed by atoms with E-state index in [2.05, 4.69) is 5.32 Å². The van der Waals surface area contributed by atoms with Crippen LogP contribution in [0.3, 0.4) is 0 Å². The quantitative estimate of drug-likeness (QED) is 0.341. The number of nitrogens with one attached hydrogen (secondary N) is 1. The van der Waals surface area contributed by atoms with Crippen molar-refractivity contribution < 1.29 is 38.3 Å². The van der Waals surface area contributed by atoms with Crippen molar-refractivity contribution in [3.8, 4) is 0 Å². The van der Waals surface area contributed by atoms with Crippen molar-refractivity contribution in [3.05, 3.63) is 95.0 Å². The minimum absolute atomic E-state index is 0.0792. The summed E-state index contributed by atoms with van der Waals surface area (Å²) in [7, 11) is 2.19. The summed E-state index contributed by atoms with van der Waals surface area (Å²) in [4.78, 5) is 40.1. The number of benzene rings is 3. The Morgan fingerprint density at radius 3 is 2.61 bits per heavy atom. The largest absolute Gasteiger partial charge is 0.465 e. The molecule has 2 aliphatic rings. The number of nitrogens with zero attached hydrogens (tertiary/aromatic N) is 3. The molecule has 212 valence electrons. The first-order valence-corrected chi connectivity index (χ1v) is 12.5. The van der Waals surface area contributed by atoms with E-state index in [-0.39, 0.29) is 37.8 Å². The third-order valence-corrected chi connectivity index (χ3v) is 6.55. The summed E-state index contributed by atoms with van der Waals surface area (Å²) in [5, 5.41) is 2.69. The monoisotopic (exact) mass is 566 g/mol. The minimum Gasteiger partial charge on any atom is -0.465 e. The minimum atomic E-state index is -3.55. The predicted octanol–water partition coefficient (Wildman–Crippen LogP) is 4.18. The number of carbonyl (C=O) groups is 3. The van der Waals surface area contributed by atoms with Gasteiger partial charge in [-0.05, 0) is 61.3 Å². The van der Waals surface area contributed by atoms with Crippen molar-refractivity contribution in [2.75, 3.05) is 57.4 Å². The molecule has 1 atom stereocenters. The SMILES string of the molecule is [2H]c1c([2H])c(N(C(=O)CN2C([2H])([2H])C([2H])([2H])N(C)C([2H])(C)C2([2H])[2H])C([2H])([2H])[2H])c([2H])c([2H])c1C/C(=C1\C(=O)Nc2cc(C(=O)OC)ccc21)c1ccccc1. The molecule has 2 amide bonds.